The van der Waals surface area contributed by atoms with Crippen LogP contribution in [-0.2, 0) is 9.53 Å². The van der Waals surface area contributed by atoms with Gasteiger partial charge in [0.15, 0.2) is 5.70 Å². The van der Waals surface area contributed by atoms with Crippen LogP contribution < -0.4 is 0 Å². The first kappa shape index (κ1) is 12.6. The summed E-state index contributed by atoms with van der Waals surface area (Å²) in [5.41, 5.74) is 1.58. The van der Waals surface area contributed by atoms with Crippen LogP contribution in [0.15, 0.2) is 59.4 Å². The Morgan fingerprint density at radius 2 is 1.90 bits per heavy atom. The number of nitrogens with zero attached hydrogens (tertiary/aromatic N) is 2. The SMILES string of the molecule is O=C1OC(c2ccc(Cl)cc2)=N/C1=C/c1ccccn1. The van der Waals surface area contributed by atoms with Gasteiger partial charge in [-0.2, -0.15) is 0 Å². The maximum atomic E-state index is 11.8. The molecule has 1 aliphatic rings. The molecule has 5 heteroatoms. The lowest BCUT2D eigenvalue weighted by Crippen LogP contribution is -2.05. The molecule has 98 valence electrons. The Bertz CT molecular complexity index is 706. The van der Waals surface area contributed by atoms with Gasteiger partial charge < -0.3 is 4.74 Å². The van der Waals surface area contributed by atoms with E-state index in [1.54, 1.807) is 48.7 Å². The summed E-state index contributed by atoms with van der Waals surface area (Å²) in [5, 5.41) is 0.614. The van der Waals surface area contributed by atoms with Crippen LogP contribution in [0, 0.1) is 0 Å². The van der Waals surface area contributed by atoms with E-state index in [2.05, 4.69) is 9.98 Å². The summed E-state index contributed by atoms with van der Waals surface area (Å²) < 4.78 is 5.14. The Kier molecular flexibility index (Phi) is 3.31. The number of esters is 1. The number of rotatable bonds is 2. The van der Waals surface area contributed by atoms with Crippen molar-refractivity contribution < 1.29 is 9.53 Å². The molecule has 4 nitrogen and oxygen atoms in total. The third-order valence-corrected chi connectivity index (χ3v) is 2.94. The van der Waals surface area contributed by atoms with Crippen LogP contribution in [0.4, 0.5) is 0 Å². The van der Waals surface area contributed by atoms with E-state index >= 15 is 0 Å². The number of aliphatic imine (C=N–C) groups is 1. The zero-order valence-electron chi connectivity index (χ0n) is 10.3. The van der Waals surface area contributed by atoms with Gasteiger partial charge in [-0.1, -0.05) is 17.7 Å². The topological polar surface area (TPSA) is 51.5 Å². The van der Waals surface area contributed by atoms with Gasteiger partial charge in [-0.25, -0.2) is 9.79 Å². The number of cyclic esters (lactones) is 1. The molecule has 0 fully saturated rings. The van der Waals surface area contributed by atoms with Crippen LogP contribution in [0.25, 0.3) is 6.08 Å². The van der Waals surface area contributed by atoms with E-state index in [1.165, 1.54) is 0 Å². The number of carbonyl (C=O) groups is 1. The molecule has 1 aliphatic heterocycles. The predicted molar refractivity (Wildman–Crippen MR) is 76.3 cm³/mol. The van der Waals surface area contributed by atoms with E-state index in [9.17, 15) is 4.79 Å². The van der Waals surface area contributed by atoms with Gasteiger partial charge in [0, 0.05) is 16.8 Å². The molecule has 0 radical (unpaired) electrons. The van der Waals surface area contributed by atoms with Crippen LogP contribution in [0.2, 0.25) is 5.02 Å². The molecule has 2 aromatic rings. The zero-order chi connectivity index (χ0) is 13.9. The third-order valence-electron chi connectivity index (χ3n) is 2.68. The monoisotopic (exact) mass is 284 g/mol. The highest BCUT2D eigenvalue weighted by atomic mass is 35.5. The van der Waals surface area contributed by atoms with Gasteiger partial charge in [-0.05, 0) is 42.5 Å². The van der Waals surface area contributed by atoms with Crippen molar-refractivity contribution >= 4 is 29.5 Å². The number of benzene rings is 1. The van der Waals surface area contributed by atoms with Gasteiger partial charge in [0.05, 0.1) is 5.69 Å². The lowest BCUT2D eigenvalue weighted by molar-refractivity contribution is -0.129. The summed E-state index contributed by atoms with van der Waals surface area (Å²) in [6.07, 6.45) is 3.24. The number of carbonyl (C=O) groups excluding carboxylic acids is 1. The molecule has 1 aromatic carbocycles. The molecule has 0 unspecified atom stereocenters. The average molecular weight is 285 g/mol. The normalized spacial score (nSPS) is 16.1. The van der Waals surface area contributed by atoms with Crippen molar-refractivity contribution in [1.29, 1.82) is 0 Å². The van der Waals surface area contributed by atoms with Crippen molar-refractivity contribution in [3.8, 4) is 0 Å². The number of ether oxygens (including phenoxy) is 1. The average Bonchev–Trinajstić information content (AvgIpc) is 2.82. The summed E-state index contributed by atoms with van der Waals surface area (Å²) in [6, 6.07) is 12.4. The van der Waals surface area contributed by atoms with E-state index in [4.69, 9.17) is 16.3 Å². The van der Waals surface area contributed by atoms with Crippen molar-refractivity contribution in [2.24, 2.45) is 4.99 Å². The number of aromatic nitrogens is 1. The highest BCUT2D eigenvalue weighted by Gasteiger charge is 2.24. The third kappa shape index (κ3) is 2.60. The fourth-order valence-corrected chi connectivity index (χ4v) is 1.85. The van der Waals surface area contributed by atoms with Crippen molar-refractivity contribution in [2.45, 2.75) is 0 Å². The molecule has 2 heterocycles. The second-order valence-corrected chi connectivity index (χ2v) is 4.53. The van der Waals surface area contributed by atoms with E-state index in [0.29, 0.717) is 16.3 Å². The summed E-state index contributed by atoms with van der Waals surface area (Å²) in [5.74, 6) is -0.213. The smallest absolute Gasteiger partial charge is 0.363 e. The molecule has 3 rings (SSSR count). The van der Waals surface area contributed by atoms with Crippen molar-refractivity contribution in [3.63, 3.8) is 0 Å². The summed E-state index contributed by atoms with van der Waals surface area (Å²) in [7, 11) is 0. The lowest BCUT2D eigenvalue weighted by Gasteiger charge is -1.98. The van der Waals surface area contributed by atoms with E-state index in [1.807, 2.05) is 6.07 Å². The summed E-state index contributed by atoms with van der Waals surface area (Å²) in [4.78, 5) is 20.1. The quantitative estimate of drug-likeness (QED) is 0.629. The molecule has 0 saturated heterocycles. The molecule has 0 N–H and O–H groups in total. The fraction of sp³-hybridized carbons (Fsp3) is 0. The predicted octanol–water partition coefficient (Wildman–Crippen LogP) is 3.08. The maximum absolute atomic E-state index is 11.8. The van der Waals surface area contributed by atoms with Crippen LogP contribution in [-0.4, -0.2) is 16.9 Å². The number of hydrogen-bond donors (Lipinski definition) is 0. The standard InChI is InChI=1S/C15H9ClN2O2/c16-11-6-4-10(5-7-11)14-18-13(15(19)20-14)9-12-3-1-2-8-17-12/h1-9H/b13-9+. The second kappa shape index (κ2) is 5.27. The van der Waals surface area contributed by atoms with Gasteiger partial charge in [-0.3, -0.25) is 4.98 Å². The van der Waals surface area contributed by atoms with Crippen LogP contribution in [0.3, 0.4) is 0 Å². The van der Waals surface area contributed by atoms with Crippen molar-refractivity contribution in [3.05, 3.63) is 70.6 Å². The first-order chi connectivity index (χ1) is 9.72. The lowest BCUT2D eigenvalue weighted by atomic mass is 10.2. The van der Waals surface area contributed by atoms with Crippen LogP contribution >= 0.6 is 11.6 Å². The van der Waals surface area contributed by atoms with Gasteiger partial charge in [0.1, 0.15) is 0 Å². The molecule has 1 aromatic heterocycles. The van der Waals surface area contributed by atoms with E-state index in [0.717, 1.165) is 0 Å². The Morgan fingerprint density at radius 1 is 1.10 bits per heavy atom. The highest BCUT2D eigenvalue weighted by Crippen LogP contribution is 2.19. The second-order valence-electron chi connectivity index (χ2n) is 4.10. The molecule has 0 atom stereocenters. The van der Waals surface area contributed by atoms with Gasteiger partial charge >= 0.3 is 5.97 Å². The largest absolute Gasteiger partial charge is 0.402 e. The van der Waals surface area contributed by atoms with E-state index in [-0.39, 0.29) is 11.6 Å². The summed E-state index contributed by atoms with van der Waals surface area (Å²) in [6.45, 7) is 0. The molecular formula is C15H9ClN2O2. The van der Waals surface area contributed by atoms with Gasteiger partial charge in [0.2, 0.25) is 5.90 Å². The number of pyridine rings is 1. The minimum absolute atomic E-state index is 0.230. The van der Waals surface area contributed by atoms with Crippen molar-refractivity contribution in [2.75, 3.05) is 0 Å². The number of halogens is 1. The summed E-state index contributed by atoms with van der Waals surface area (Å²) >= 11 is 5.82. The highest BCUT2D eigenvalue weighted by molar-refractivity contribution is 6.30. The first-order valence-electron chi connectivity index (χ1n) is 5.92. The minimum atomic E-state index is -0.486. The Balaban J connectivity index is 1.93. The van der Waals surface area contributed by atoms with Crippen molar-refractivity contribution in [1.82, 2.24) is 4.98 Å². The molecule has 0 aliphatic carbocycles. The molecule has 0 saturated carbocycles. The van der Waals surface area contributed by atoms with Gasteiger partial charge in [0.25, 0.3) is 0 Å². The molecule has 20 heavy (non-hydrogen) atoms. The Morgan fingerprint density at radius 3 is 2.60 bits per heavy atom. The fourth-order valence-electron chi connectivity index (χ4n) is 1.73. The molecule has 0 bridgehead atoms. The first-order valence-corrected chi connectivity index (χ1v) is 6.30. The van der Waals surface area contributed by atoms with E-state index < -0.39 is 5.97 Å². The molecule has 0 spiro atoms. The maximum Gasteiger partial charge on any atom is 0.363 e. The minimum Gasteiger partial charge on any atom is -0.402 e. The Hall–Kier alpha value is -2.46. The molecular weight excluding hydrogens is 276 g/mol. The Labute approximate surface area is 120 Å². The van der Waals surface area contributed by atoms with Crippen LogP contribution in [0.1, 0.15) is 11.3 Å². The molecule has 0 amide bonds. The van der Waals surface area contributed by atoms with Gasteiger partial charge in [-0.15, -0.1) is 0 Å². The zero-order valence-corrected chi connectivity index (χ0v) is 11.0. The van der Waals surface area contributed by atoms with Crippen LogP contribution in [0.5, 0.6) is 0 Å². The number of hydrogen-bond acceptors (Lipinski definition) is 4.